The molecule has 7 heteroatoms. The number of likely N-dealkylation sites (tertiary alicyclic amines) is 1. The van der Waals surface area contributed by atoms with Crippen LogP contribution in [0.4, 0.5) is 4.39 Å². The van der Waals surface area contributed by atoms with Crippen molar-refractivity contribution >= 4 is 17.7 Å². The normalized spacial score (nSPS) is 15.9. The quantitative estimate of drug-likeness (QED) is 0.636. The SMILES string of the molecule is O=C(Cc1ccccc1)NCCNC(=O)C1CCCN(C(=O)Cc2ccc(F)cc2)C1. The molecule has 164 valence electrons. The summed E-state index contributed by atoms with van der Waals surface area (Å²) >= 11 is 0. The first kappa shape index (κ1) is 22.5. The number of halogens is 1. The van der Waals surface area contributed by atoms with E-state index in [4.69, 9.17) is 0 Å². The minimum absolute atomic E-state index is 0.0581. The zero-order chi connectivity index (χ0) is 22.1. The number of hydrogen-bond acceptors (Lipinski definition) is 3. The molecule has 0 spiro atoms. The van der Waals surface area contributed by atoms with Crippen molar-refractivity contribution in [1.82, 2.24) is 15.5 Å². The van der Waals surface area contributed by atoms with Crippen LogP contribution in [0.3, 0.4) is 0 Å². The van der Waals surface area contributed by atoms with Crippen LogP contribution in [0, 0.1) is 11.7 Å². The van der Waals surface area contributed by atoms with Crippen LogP contribution in [0.2, 0.25) is 0 Å². The zero-order valence-electron chi connectivity index (χ0n) is 17.5. The van der Waals surface area contributed by atoms with E-state index in [1.54, 1.807) is 17.0 Å². The number of benzene rings is 2. The lowest BCUT2D eigenvalue weighted by atomic mass is 9.96. The van der Waals surface area contributed by atoms with E-state index >= 15 is 0 Å². The maximum atomic E-state index is 13.0. The summed E-state index contributed by atoms with van der Waals surface area (Å²) in [4.78, 5) is 38.7. The number of piperidine rings is 1. The number of rotatable bonds is 8. The molecule has 1 aliphatic rings. The summed E-state index contributed by atoms with van der Waals surface area (Å²) in [6.07, 6.45) is 2.00. The highest BCUT2D eigenvalue weighted by molar-refractivity contribution is 5.82. The van der Waals surface area contributed by atoms with Crippen LogP contribution in [0.5, 0.6) is 0 Å². The maximum Gasteiger partial charge on any atom is 0.227 e. The zero-order valence-corrected chi connectivity index (χ0v) is 17.5. The summed E-state index contributed by atoms with van der Waals surface area (Å²) in [6.45, 7) is 1.71. The van der Waals surface area contributed by atoms with Gasteiger partial charge < -0.3 is 15.5 Å². The number of amides is 3. The standard InChI is InChI=1S/C24H28FN3O3/c25-21-10-8-19(9-11-21)16-23(30)28-14-4-7-20(17-28)24(31)27-13-12-26-22(29)15-18-5-2-1-3-6-18/h1-3,5-6,8-11,20H,4,7,12-17H2,(H,26,29)(H,27,31). The fourth-order valence-electron chi connectivity index (χ4n) is 3.68. The molecule has 0 aromatic heterocycles. The fourth-order valence-corrected chi connectivity index (χ4v) is 3.68. The molecule has 6 nitrogen and oxygen atoms in total. The molecule has 3 amide bonds. The second-order valence-electron chi connectivity index (χ2n) is 7.79. The van der Waals surface area contributed by atoms with Gasteiger partial charge in [-0.3, -0.25) is 14.4 Å². The van der Waals surface area contributed by atoms with Gasteiger partial charge in [-0.2, -0.15) is 0 Å². The van der Waals surface area contributed by atoms with Crippen molar-refractivity contribution in [3.05, 3.63) is 71.5 Å². The van der Waals surface area contributed by atoms with E-state index in [0.29, 0.717) is 32.6 Å². The van der Waals surface area contributed by atoms with Crippen molar-refractivity contribution in [2.24, 2.45) is 5.92 Å². The number of carbonyl (C=O) groups excluding carboxylic acids is 3. The van der Waals surface area contributed by atoms with E-state index in [2.05, 4.69) is 10.6 Å². The summed E-state index contributed by atoms with van der Waals surface area (Å²) in [6, 6.07) is 15.4. The van der Waals surface area contributed by atoms with Gasteiger partial charge in [-0.1, -0.05) is 42.5 Å². The minimum atomic E-state index is -0.331. The van der Waals surface area contributed by atoms with Crippen LogP contribution < -0.4 is 10.6 Å². The Morgan fingerprint density at radius 2 is 1.58 bits per heavy atom. The molecule has 0 aliphatic carbocycles. The fraction of sp³-hybridized carbons (Fsp3) is 0.375. The molecule has 2 N–H and O–H groups in total. The molecule has 1 aliphatic heterocycles. The number of nitrogens with zero attached hydrogens (tertiary/aromatic N) is 1. The highest BCUT2D eigenvalue weighted by Gasteiger charge is 2.28. The number of hydrogen-bond donors (Lipinski definition) is 2. The molecule has 2 aromatic carbocycles. The molecule has 31 heavy (non-hydrogen) atoms. The first-order chi connectivity index (χ1) is 15.0. The lowest BCUT2D eigenvalue weighted by Gasteiger charge is -2.32. The van der Waals surface area contributed by atoms with E-state index in [9.17, 15) is 18.8 Å². The van der Waals surface area contributed by atoms with E-state index < -0.39 is 0 Å². The van der Waals surface area contributed by atoms with Gasteiger partial charge in [-0.15, -0.1) is 0 Å². The van der Waals surface area contributed by atoms with Crippen LogP contribution >= 0.6 is 0 Å². The first-order valence-corrected chi connectivity index (χ1v) is 10.6. The van der Waals surface area contributed by atoms with Crippen molar-refractivity contribution in [3.63, 3.8) is 0 Å². The second-order valence-corrected chi connectivity index (χ2v) is 7.79. The maximum absolute atomic E-state index is 13.0. The average Bonchev–Trinajstić information content (AvgIpc) is 2.79. The van der Waals surface area contributed by atoms with Gasteiger partial charge in [-0.05, 0) is 36.1 Å². The first-order valence-electron chi connectivity index (χ1n) is 10.6. The van der Waals surface area contributed by atoms with E-state index in [1.165, 1.54) is 12.1 Å². The average molecular weight is 426 g/mol. The van der Waals surface area contributed by atoms with Crippen molar-refractivity contribution < 1.29 is 18.8 Å². The molecule has 0 radical (unpaired) electrons. The largest absolute Gasteiger partial charge is 0.354 e. The third kappa shape index (κ3) is 7.20. The van der Waals surface area contributed by atoms with Crippen LogP contribution in [-0.4, -0.2) is 48.8 Å². The van der Waals surface area contributed by atoms with Gasteiger partial charge in [0.05, 0.1) is 18.8 Å². The molecular formula is C24H28FN3O3. The molecule has 2 aromatic rings. The number of carbonyl (C=O) groups is 3. The van der Waals surface area contributed by atoms with Gasteiger partial charge in [-0.25, -0.2) is 4.39 Å². The van der Waals surface area contributed by atoms with Gasteiger partial charge in [0, 0.05) is 26.2 Å². The summed E-state index contributed by atoms with van der Waals surface area (Å²) in [5.41, 5.74) is 1.70. The molecule has 1 unspecified atom stereocenters. The Balaban J connectivity index is 1.37. The van der Waals surface area contributed by atoms with Gasteiger partial charge in [0.25, 0.3) is 0 Å². The van der Waals surface area contributed by atoms with Gasteiger partial charge in [0.2, 0.25) is 17.7 Å². The molecule has 0 saturated carbocycles. The summed E-state index contributed by atoms with van der Waals surface area (Å²) in [7, 11) is 0. The van der Waals surface area contributed by atoms with Crippen molar-refractivity contribution in [2.75, 3.05) is 26.2 Å². The smallest absolute Gasteiger partial charge is 0.227 e. The lowest BCUT2D eigenvalue weighted by molar-refractivity contribution is -0.135. The van der Waals surface area contributed by atoms with Crippen LogP contribution in [0.25, 0.3) is 0 Å². The van der Waals surface area contributed by atoms with Crippen molar-refractivity contribution in [1.29, 1.82) is 0 Å². The van der Waals surface area contributed by atoms with Crippen LogP contribution in [0.1, 0.15) is 24.0 Å². The predicted octanol–water partition coefficient (Wildman–Crippen LogP) is 2.08. The lowest BCUT2D eigenvalue weighted by Crippen LogP contribution is -2.47. The Kier molecular flexibility index (Phi) is 8.15. The third-order valence-corrected chi connectivity index (χ3v) is 5.37. The predicted molar refractivity (Wildman–Crippen MR) is 116 cm³/mol. The topological polar surface area (TPSA) is 78.5 Å². The summed E-state index contributed by atoms with van der Waals surface area (Å²) < 4.78 is 13.0. The number of nitrogens with one attached hydrogen (secondary N) is 2. The summed E-state index contributed by atoms with van der Waals surface area (Å²) in [5.74, 6) is -0.836. The van der Waals surface area contributed by atoms with Gasteiger partial charge in [0.15, 0.2) is 0 Å². The van der Waals surface area contributed by atoms with Crippen molar-refractivity contribution in [2.45, 2.75) is 25.7 Å². The Morgan fingerprint density at radius 1 is 0.903 bits per heavy atom. The molecule has 0 bridgehead atoms. The molecule has 1 atom stereocenters. The van der Waals surface area contributed by atoms with Crippen molar-refractivity contribution in [3.8, 4) is 0 Å². The Hall–Kier alpha value is -3.22. The highest BCUT2D eigenvalue weighted by Crippen LogP contribution is 2.18. The molecular weight excluding hydrogens is 397 g/mol. The monoisotopic (exact) mass is 425 g/mol. The molecule has 1 fully saturated rings. The third-order valence-electron chi connectivity index (χ3n) is 5.37. The van der Waals surface area contributed by atoms with Gasteiger partial charge >= 0.3 is 0 Å². The Morgan fingerprint density at radius 3 is 2.32 bits per heavy atom. The van der Waals surface area contributed by atoms with E-state index in [1.807, 2.05) is 30.3 Å². The molecule has 3 rings (SSSR count). The summed E-state index contributed by atoms with van der Waals surface area (Å²) in [5, 5.41) is 5.66. The minimum Gasteiger partial charge on any atom is -0.354 e. The highest BCUT2D eigenvalue weighted by atomic mass is 19.1. The Bertz CT molecular complexity index is 887. The van der Waals surface area contributed by atoms with Crippen LogP contribution in [0.15, 0.2) is 54.6 Å². The second kappa shape index (κ2) is 11.2. The van der Waals surface area contributed by atoms with E-state index in [0.717, 1.165) is 24.0 Å². The van der Waals surface area contributed by atoms with Crippen LogP contribution in [-0.2, 0) is 27.2 Å². The van der Waals surface area contributed by atoms with Gasteiger partial charge in [0.1, 0.15) is 5.82 Å². The Labute approximate surface area is 181 Å². The molecule has 1 heterocycles. The van der Waals surface area contributed by atoms with E-state index in [-0.39, 0.29) is 35.9 Å². The molecule has 1 saturated heterocycles.